The van der Waals surface area contributed by atoms with Crippen molar-refractivity contribution in [1.82, 2.24) is 0 Å². The topological polar surface area (TPSA) is 32.3 Å². The second-order valence-electron chi connectivity index (χ2n) is 4.31. The third-order valence-corrected chi connectivity index (χ3v) is 3.51. The van der Waals surface area contributed by atoms with E-state index < -0.39 is 0 Å². The Hall–Kier alpha value is -1.38. The molecule has 0 aliphatic carbocycles. The van der Waals surface area contributed by atoms with Crippen molar-refractivity contribution >= 4 is 28.9 Å². The van der Waals surface area contributed by atoms with Gasteiger partial charge in [0, 0.05) is 12.2 Å². The summed E-state index contributed by atoms with van der Waals surface area (Å²) in [6.45, 7) is 2.73. The van der Waals surface area contributed by atoms with E-state index in [0.717, 1.165) is 17.7 Å². The molecule has 0 radical (unpaired) electrons. The van der Waals surface area contributed by atoms with E-state index in [1.807, 2.05) is 12.1 Å². The van der Waals surface area contributed by atoms with Crippen LogP contribution in [0.25, 0.3) is 0 Å². The SMILES string of the molecule is CCc1ccc(NCc2cc(Cl)c(O)c(Cl)c2)cc1. The Morgan fingerprint density at radius 1 is 1.00 bits per heavy atom. The normalized spacial score (nSPS) is 10.5. The second kappa shape index (κ2) is 6.18. The van der Waals surface area contributed by atoms with E-state index in [4.69, 9.17) is 23.2 Å². The van der Waals surface area contributed by atoms with Crippen molar-refractivity contribution in [3.8, 4) is 5.75 Å². The lowest BCUT2D eigenvalue weighted by atomic mass is 10.1. The van der Waals surface area contributed by atoms with Gasteiger partial charge in [-0.3, -0.25) is 0 Å². The summed E-state index contributed by atoms with van der Waals surface area (Å²) in [6, 6.07) is 11.7. The Bertz CT molecular complexity index is 544. The molecule has 0 aliphatic heterocycles. The van der Waals surface area contributed by atoms with Gasteiger partial charge in [-0.15, -0.1) is 0 Å². The van der Waals surface area contributed by atoms with Crippen LogP contribution in [-0.2, 0) is 13.0 Å². The maximum absolute atomic E-state index is 9.49. The number of phenolic OH excluding ortho intramolecular Hbond substituents is 1. The summed E-state index contributed by atoms with van der Waals surface area (Å²) in [5.74, 6) is -0.0700. The van der Waals surface area contributed by atoms with Crippen LogP contribution in [0, 0.1) is 0 Å². The van der Waals surface area contributed by atoms with Crippen LogP contribution in [0.1, 0.15) is 18.1 Å². The predicted octanol–water partition coefficient (Wildman–Crippen LogP) is 4.87. The number of benzene rings is 2. The molecular weight excluding hydrogens is 281 g/mol. The highest BCUT2D eigenvalue weighted by molar-refractivity contribution is 6.37. The van der Waals surface area contributed by atoms with E-state index in [0.29, 0.717) is 6.54 Å². The quantitative estimate of drug-likeness (QED) is 0.843. The minimum absolute atomic E-state index is 0.0700. The number of rotatable bonds is 4. The lowest BCUT2D eigenvalue weighted by molar-refractivity contribution is 0.475. The van der Waals surface area contributed by atoms with Gasteiger partial charge in [0.1, 0.15) is 0 Å². The molecule has 0 aromatic heterocycles. The Morgan fingerprint density at radius 3 is 2.11 bits per heavy atom. The van der Waals surface area contributed by atoms with Crippen molar-refractivity contribution in [2.45, 2.75) is 19.9 Å². The number of phenols is 1. The third kappa shape index (κ3) is 3.55. The van der Waals surface area contributed by atoms with Gasteiger partial charge in [0.2, 0.25) is 0 Å². The fourth-order valence-corrected chi connectivity index (χ4v) is 2.31. The minimum Gasteiger partial charge on any atom is -0.505 e. The maximum atomic E-state index is 9.49. The molecule has 19 heavy (non-hydrogen) atoms. The van der Waals surface area contributed by atoms with Crippen LogP contribution in [0.4, 0.5) is 5.69 Å². The molecule has 0 unspecified atom stereocenters. The van der Waals surface area contributed by atoms with Gasteiger partial charge in [-0.2, -0.15) is 0 Å². The molecule has 0 aliphatic rings. The van der Waals surface area contributed by atoms with Gasteiger partial charge in [0.05, 0.1) is 10.0 Å². The van der Waals surface area contributed by atoms with E-state index >= 15 is 0 Å². The van der Waals surface area contributed by atoms with Crippen molar-refractivity contribution < 1.29 is 5.11 Å². The van der Waals surface area contributed by atoms with Crippen LogP contribution in [0.15, 0.2) is 36.4 Å². The number of halogens is 2. The number of aromatic hydroxyl groups is 1. The van der Waals surface area contributed by atoms with Crippen molar-refractivity contribution in [2.24, 2.45) is 0 Å². The highest BCUT2D eigenvalue weighted by Gasteiger charge is 2.06. The molecule has 0 heterocycles. The summed E-state index contributed by atoms with van der Waals surface area (Å²) in [5.41, 5.74) is 3.27. The maximum Gasteiger partial charge on any atom is 0.152 e. The summed E-state index contributed by atoms with van der Waals surface area (Å²) in [5, 5.41) is 13.3. The lowest BCUT2D eigenvalue weighted by Crippen LogP contribution is -1.99. The van der Waals surface area contributed by atoms with Crippen molar-refractivity contribution in [1.29, 1.82) is 0 Å². The van der Waals surface area contributed by atoms with E-state index in [-0.39, 0.29) is 15.8 Å². The van der Waals surface area contributed by atoms with Gasteiger partial charge in [-0.05, 0) is 41.8 Å². The molecule has 2 nitrogen and oxygen atoms in total. The largest absolute Gasteiger partial charge is 0.505 e. The summed E-state index contributed by atoms with van der Waals surface area (Å²) < 4.78 is 0. The fourth-order valence-electron chi connectivity index (χ4n) is 1.78. The molecule has 2 aromatic carbocycles. The molecule has 0 atom stereocenters. The first-order chi connectivity index (χ1) is 9.10. The van der Waals surface area contributed by atoms with Gasteiger partial charge >= 0.3 is 0 Å². The Morgan fingerprint density at radius 2 is 1.58 bits per heavy atom. The first-order valence-corrected chi connectivity index (χ1v) is 6.85. The molecule has 0 saturated heterocycles. The second-order valence-corrected chi connectivity index (χ2v) is 5.13. The average molecular weight is 296 g/mol. The molecule has 0 fully saturated rings. The van der Waals surface area contributed by atoms with Gasteiger partial charge in [0.25, 0.3) is 0 Å². The van der Waals surface area contributed by atoms with Crippen LogP contribution in [0.5, 0.6) is 5.75 Å². The highest BCUT2D eigenvalue weighted by Crippen LogP contribution is 2.32. The zero-order valence-corrected chi connectivity index (χ0v) is 12.1. The van der Waals surface area contributed by atoms with E-state index in [1.165, 1.54) is 5.56 Å². The molecule has 100 valence electrons. The molecule has 2 rings (SSSR count). The number of hydrogen-bond acceptors (Lipinski definition) is 2. The summed E-state index contributed by atoms with van der Waals surface area (Å²) in [4.78, 5) is 0. The monoisotopic (exact) mass is 295 g/mol. The van der Waals surface area contributed by atoms with Crippen molar-refractivity contribution in [3.05, 3.63) is 57.6 Å². The van der Waals surface area contributed by atoms with Crippen LogP contribution >= 0.6 is 23.2 Å². The van der Waals surface area contributed by atoms with Gasteiger partial charge in [-0.1, -0.05) is 42.3 Å². The Labute approximate surface area is 123 Å². The van der Waals surface area contributed by atoms with Crippen LogP contribution in [0.3, 0.4) is 0 Å². The average Bonchev–Trinajstić information content (AvgIpc) is 2.43. The summed E-state index contributed by atoms with van der Waals surface area (Å²) in [7, 11) is 0. The first kappa shape index (κ1) is 14.0. The Kier molecular flexibility index (Phi) is 4.56. The smallest absolute Gasteiger partial charge is 0.152 e. The van der Waals surface area contributed by atoms with E-state index in [2.05, 4.69) is 24.4 Å². The number of nitrogens with one attached hydrogen (secondary N) is 1. The fraction of sp³-hybridized carbons (Fsp3) is 0.200. The van der Waals surface area contributed by atoms with Crippen LogP contribution in [-0.4, -0.2) is 5.11 Å². The predicted molar refractivity (Wildman–Crippen MR) is 81.3 cm³/mol. The number of aryl methyl sites for hydroxylation is 1. The summed E-state index contributed by atoms with van der Waals surface area (Å²) >= 11 is 11.8. The summed E-state index contributed by atoms with van der Waals surface area (Å²) in [6.07, 6.45) is 1.03. The first-order valence-electron chi connectivity index (χ1n) is 6.10. The molecular formula is C15H15Cl2NO. The molecule has 4 heteroatoms. The number of hydrogen-bond donors (Lipinski definition) is 2. The van der Waals surface area contributed by atoms with E-state index in [9.17, 15) is 5.11 Å². The molecule has 0 bridgehead atoms. The molecule has 0 amide bonds. The third-order valence-electron chi connectivity index (χ3n) is 2.94. The van der Waals surface area contributed by atoms with Crippen LogP contribution in [0.2, 0.25) is 10.0 Å². The molecule has 2 N–H and O–H groups in total. The van der Waals surface area contributed by atoms with Gasteiger partial charge in [-0.25, -0.2) is 0 Å². The Balaban J connectivity index is 2.05. The highest BCUT2D eigenvalue weighted by atomic mass is 35.5. The lowest BCUT2D eigenvalue weighted by Gasteiger charge is -2.09. The zero-order chi connectivity index (χ0) is 13.8. The standard InChI is InChI=1S/C15H15Cl2NO/c1-2-10-3-5-12(6-4-10)18-9-11-7-13(16)15(19)14(17)8-11/h3-8,18-19H,2,9H2,1H3. The minimum atomic E-state index is -0.0700. The number of anilines is 1. The van der Waals surface area contributed by atoms with Gasteiger partial charge in [0.15, 0.2) is 5.75 Å². The molecule has 0 saturated carbocycles. The molecule has 2 aromatic rings. The van der Waals surface area contributed by atoms with E-state index in [1.54, 1.807) is 12.1 Å². The molecule has 0 spiro atoms. The van der Waals surface area contributed by atoms with Gasteiger partial charge < -0.3 is 10.4 Å². The van der Waals surface area contributed by atoms with Crippen molar-refractivity contribution in [2.75, 3.05) is 5.32 Å². The zero-order valence-electron chi connectivity index (χ0n) is 10.6. The van der Waals surface area contributed by atoms with Crippen molar-refractivity contribution in [3.63, 3.8) is 0 Å². The van der Waals surface area contributed by atoms with Crippen LogP contribution < -0.4 is 5.32 Å².